The highest BCUT2D eigenvalue weighted by atomic mass is 16.5. The smallest absolute Gasteiger partial charge is 0.267 e. The first-order valence-electron chi connectivity index (χ1n) is 8.55. The number of nitrogens with zero attached hydrogens (tertiary/aromatic N) is 3. The summed E-state index contributed by atoms with van der Waals surface area (Å²) in [6, 6.07) is 16.0. The number of hydrogen-bond acceptors (Lipinski definition) is 5. The van der Waals surface area contributed by atoms with Gasteiger partial charge in [-0.25, -0.2) is 4.68 Å². The van der Waals surface area contributed by atoms with Gasteiger partial charge in [0.2, 0.25) is 5.91 Å². The highest BCUT2D eigenvalue weighted by Crippen LogP contribution is 2.20. The minimum Gasteiger partial charge on any atom is -0.497 e. The lowest BCUT2D eigenvalue weighted by molar-refractivity contribution is -0.121. The van der Waals surface area contributed by atoms with Gasteiger partial charge in [-0.1, -0.05) is 18.2 Å². The van der Waals surface area contributed by atoms with Gasteiger partial charge in [0.25, 0.3) is 5.56 Å². The molecule has 138 valence electrons. The van der Waals surface area contributed by atoms with E-state index in [-0.39, 0.29) is 18.0 Å². The average molecular weight is 364 g/mol. The lowest BCUT2D eigenvalue weighted by Crippen LogP contribution is -2.34. The van der Waals surface area contributed by atoms with Crippen LogP contribution in [-0.2, 0) is 17.8 Å². The second-order valence-corrected chi connectivity index (χ2v) is 5.87. The van der Waals surface area contributed by atoms with E-state index in [0.29, 0.717) is 24.4 Å². The summed E-state index contributed by atoms with van der Waals surface area (Å²) in [5.41, 5.74) is 1.96. The molecule has 27 heavy (non-hydrogen) atoms. The third-order valence-corrected chi connectivity index (χ3v) is 3.95. The number of nitrogens with one attached hydrogen (secondary N) is 1. The molecule has 0 aliphatic carbocycles. The number of pyridine rings is 1. The third-order valence-electron chi connectivity index (χ3n) is 3.95. The minimum absolute atomic E-state index is 0.140. The number of carbonyl (C=O) groups is 1. The van der Waals surface area contributed by atoms with Crippen LogP contribution in [0.2, 0.25) is 0 Å². The van der Waals surface area contributed by atoms with Crippen molar-refractivity contribution in [1.82, 2.24) is 20.1 Å². The van der Waals surface area contributed by atoms with E-state index in [0.717, 1.165) is 15.9 Å². The summed E-state index contributed by atoms with van der Waals surface area (Å²) in [7, 11) is 1.59. The molecule has 0 saturated heterocycles. The van der Waals surface area contributed by atoms with E-state index >= 15 is 0 Å². The van der Waals surface area contributed by atoms with Crippen LogP contribution < -0.4 is 15.6 Å². The Hall–Kier alpha value is -3.48. The topological polar surface area (TPSA) is 86.1 Å². The molecule has 2 heterocycles. The van der Waals surface area contributed by atoms with Crippen molar-refractivity contribution in [2.24, 2.45) is 0 Å². The zero-order valence-electron chi connectivity index (χ0n) is 15.0. The molecule has 0 aliphatic heterocycles. The summed E-state index contributed by atoms with van der Waals surface area (Å²) in [4.78, 5) is 28.4. The summed E-state index contributed by atoms with van der Waals surface area (Å²) >= 11 is 0. The van der Waals surface area contributed by atoms with Gasteiger partial charge in [0, 0.05) is 36.5 Å². The first-order chi connectivity index (χ1) is 13.2. The Balaban J connectivity index is 1.65. The largest absolute Gasteiger partial charge is 0.497 e. The van der Waals surface area contributed by atoms with Gasteiger partial charge in [-0.05, 0) is 30.3 Å². The van der Waals surface area contributed by atoms with Crippen LogP contribution in [-0.4, -0.2) is 34.3 Å². The predicted molar refractivity (Wildman–Crippen MR) is 101 cm³/mol. The van der Waals surface area contributed by atoms with Gasteiger partial charge in [0.05, 0.1) is 12.8 Å². The Morgan fingerprint density at radius 1 is 1.15 bits per heavy atom. The zero-order valence-corrected chi connectivity index (χ0v) is 15.0. The average Bonchev–Trinajstić information content (AvgIpc) is 2.70. The number of methoxy groups -OCH3 is 1. The van der Waals surface area contributed by atoms with Gasteiger partial charge in [-0.15, -0.1) is 0 Å². The van der Waals surface area contributed by atoms with E-state index in [2.05, 4.69) is 15.4 Å². The summed E-state index contributed by atoms with van der Waals surface area (Å²) in [6.45, 7) is 0.305. The molecule has 0 saturated carbocycles. The Morgan fingerprint density at radius 3 is 2.81 bits per heavy atom. The molecule has 3 rings (SSSR count). The van der Waals surface area contributed by atoms with Crippen molar-refractivity contribution < 1.29 is 9.53 Å². The second kappa shape index (κ2) is 8.75. The first kappa shape index (κ1) is 18.3. The van der Waals surface area contributed by atoms with Crippen molar-refractivity contribution in [2.75, 3.05) is 13.7 Å². The van der Waals surface area contributed by atoms with Gasteiger partial charge in [-0.2, -0.15) is 5.10 Å². The summed E-state index contributed by atoms with van der Waals surface area (Å²) in [6.07, 6.45) is 2.34. The van der Waals surface area contributed by atoms with Crippen LogP contribution in [0.25, 0.3) is 11.3 Å². The Morgan fingerprint density at radius 2 is 2.04 bits per heavy atom. The first-order valence-corrected chi connectivity index (χ1v) is 8.55. The van der Waals surface area contributed by atoms with Crippen molar-refractivity contribution in [2.45, 2.75) is 13.0 Å². The molecule has 1 N–H and O–H groups in total. The Kier molecular flexibility index (Phi) is 5.94. The van der Waals surface area contributed by atoms with E-state index in [1.165, 1.54) is 6.07 Å². The molecule has 1 amide bonds. The molecule has 7 nitrogen and oxygen atoms in total. The highest BCUT2D eigenvalue weighted by Gasteiger charge is 2.08. The molecule has 0 bridgehead atoms. The number of amides is 1. The molecule has 0 aliphatic rings. The maximum Gasteiger partial charge on any atom is 0.267 e. The van der Waals surface area contributed by atoms with E-state index in [1.807, 2.05) is 42.5 Å². The lowest BCUT2D eigenvalue weighted by atomic mass is 10.1. The molecular formula is C20H20N4O3. The fraction of sp³-hybridized carbons (Fsp3) is 0.200. The molecule has 2 aromatic heterocycles. The third kappa shape index (κ3) is 5.01. The van der Waals surface area contributed by atoms with Crippen LogP contribution in [0.15, 0.2) is 65.6 Å². The number of ether oxygens (including phenoxy) is 1. The van der Waals surface area contributed by atoms with Gasteiger partial charge < -0.3 is 10.1 Å². The summed E-state index contributed by atoms with van der Waals surface area (Å²) < 4.78 is 6.37. The van der Waals surface area contributed by atoms with E-state index < -0.39 is 0 Å². The van der Waals surface area contributed by atoms with Gasteiger partial charge in [0.15, 0.2) is 0 Å². The van der Waals surface area contributed by atoms with Crippen LogP contribution in [0.5, 0.6) is 5.75 Å². The number of hydrogen-bond donors (Lipinski definition) is 1. The van der Waals surface area contributed by atoms with Crippen molar-refractivity contribution >= 4 is 5.91 Å². The molecule has 0 atom stereocenters. The maximum absolute atomic E-state index is 12.2. The standard InChI is InChI=1S/C20H20N4O3/c1-27-17-7-4-5-15(13-17)18-8-9-20(26)24(23-18)14-19(25)22-12-10-16-6-2-3-11-21-16/h2-9,11,13H,10,12,14H2,1H3,(H,22,25). The van der Waals surface area contributed by atoms with Gasteiger partial charge in [-0.3, -0.25) is 14.6 Å². The maximum atomic E-state index is 12.2. The van der Waals surface area contributed by atoms with E-state index in [4.69, 9.17) is 4.74 Å². The van der Waals surface area contributed by atoms with E-state index in [1.54, 1.807) is 19.4 Å². The summed E-state index contributed by atoms with van der Waals surface area (Å²) in [5, 5.41) is 7.09. The fourth-order valence-electron chi connectivity index (χ4n) is 2.57. The van der Waals surface area contributed by atoms with Crippen LogP contribution >= 0.6 is 0 Å². The predicted octanol–water partition coefficient (Wildman–Crippen LogP) is 1.67. The number of carbonyl (C=O) groups excluding carboxylic acids is 1. The van der Waals surface area contributed by atoms with Gasteiger partial charge in [0.1, 0.15) is 12.3 Å². The van der Waals surface area contributed by atoms with Crippen molar-refractivity contribution in [3.8, 4) is 17.0 Å². The van der Waals surface area contributed by atoms with E-state index in [9.17, 15) is 9.59 Å². The summed E-state index contributed by atoms with van der Waals surface area (Å²) in [5.74, 6) is 0.419. The quantitative estimate of drug-likeness (QED) is 0.689. The van der Waals surface area contributed by atoms with Gasteiger partial charge >= 0.3 is 0 Å². The molecule has 3 aromatic rings. The number of aromatic nitrogens is 3. The molecule has 7 heteroatoms. The number of rotatable bonds is 7. The monoisotopic (exact) mass is 364 g/mol. The van der Waals surface area contributed by atoms with Crippen LogP contribution in [0.4, 0.5) is 0 Å². The normalized spacial score (nSPS) is 10.4. The van der Waals surface area contributed by atoms with Crippen molar-refractivity contribution in [3.05, 3.63) is 76.8 Å². The number of benzene rings is 1. The van der Waals surface area contributed by atoms with Crippen molar-refractivity contribution in [1.29, 1.82) is 0 Å². The molecule has 0 spiro atoms. The fourth-order valence-corrected chi connectivity index (χ4v) is 2.57. The Bertz CT molecular complexity index is 970. The van der Waals surface area contributed by atoms with Crippen LogP contribution in [0.1, 0.15) is 5.69 Å². The SMILES string of the molecule is COc1cccc(-c2ccc(=O)n(CC(=O)NCCc3ccccn3)n2)c1. The minimum atomic E-state index is -0.332. The molecule has 0 radical (unpaired) electrons. The van der Waals surface area contributed by atoms with Crippen LogP contribution in [0.3, 0.4) is 0 Å². The molecule has 0 fully saturated rings. The molecule has 1 aromatic carbocycles. The second-order valence-electron chi connectivity index (χ2n) is 5.87. The molecule has 0 unspecified atom stereocenters. The van der Waals surface area contributed by atoms with Crippen molar-refractivity contribution in [3.63, 3.8) is 0 Å². The Labute approximate surface area is 156 Å². The zero-order chi connectivity index (χ0) is 19.1. The lowest BCUT2D eigenvalue weighted by Gasteiger charge is -2.09. The van der Waals surface area contributed by atoms with Crippen LogP contribution in [0, 0.1) is 0 Å². The highest BCUT2D eigenvalue weighted by molar-refractivity contribution is 5.75. The molecular weight excluding hydrogens is 344 g/mol.